The van der Waals surface area contributed by atoms with Gasteiger partial charge in [0.05, 0.1) is 36.1 Å². The van der Waals surface area contributed by atoms with Crippen LogP contribution in [0.25, 0.3) is 0 Å². The number of halogens is 1. The Balaban J connectivity index is 2.20. The van der Waals surface area contributed by atoms with Crippen molar-refractivity contribution in [1.29, 1.82) is 0 Å². The van der Waals surface area contributed by atoms with E-state index in [1.807, 2.05) is 4.68 Å². The molecule has 1 aliphatic carbocycles. The Kier molecular flexibility index (Phi) is 6.52. The summed E-state index contributed by atoms with van der Waals surface area (Å²) < 4.78 is 7.21. The monoisotopic (exact) mass is 313 g/mol. The maximum atomic E-state index is 6.45. The molecule has 4 nitrogen and oxygen atoms in total. The second kappa shape index (κ2) is 8.16. The van der Waals surface area contributed by atoms with Gasteiger partial charge < -0.3 is 10.1 Å². The first kappa shape index (κ1) is 16.8. The lowest BCUT2D eigenvalue weighted by Crippen LogP contribution is -2.31. The highest BCUT2D eigenvalue weighted by molar-refractivity contribution is 6.31. The van der Waals surface area contributed by atoms with Crippen LogP contribution in [-0.4, -0.2) is 30.0 Å². The fourth-order valence-electron chi connectivity index (χ4n) is 3.38. The SMILES string of the molecule is CCCNC(c1c(Cl)cnn1CCOC)C1CCC(C)C1. The molecule has 0 aliphatic heterocycles. The van der Waals surface area contributed by atoms with Crippen LogP contribution < -0.4 is 5.32 Å². The van der Waals surface area contributed by atoms with Crippen molar-refractivity contribution in [2.75, 3.05) is 20.3 Å². The number of hydrogen-bond acceptors (Lipinski definition) is 3. The van der Waals surface area contributed by atoms with Crippen molar-refractivity contribution in [1.82, 2.24) is 15.1 Å². The lowest BCUT2D eigenvalue weighted by molar-refractivity contribution is 0.180. The van der Waals surface area contributed by atoms with Crippen LogP contribution in [0.4, 0.5) is 0 Å². The van der Waals surface area contributed by atoms with Crippen molar-refractivity contribution in [3.05, 3.63) is 16.9 Å². The minimum atomic E-state index is 0.307. The highest BCUT2D eigenvalue weighted by Crippen LogP contribution is 2.40. The van der Waals surface area contributed by atoms with Crippen molar-refractivity contribution in [3.63, 3.8) is 0 Å². The molecule has 1 heterocycles. The molecule has 1 aromatic rings. The first-order valence-corrected chi connectivity index (χ1v) is 8.48. The fourth-order valence-corrected chi connectivity index (χ4v) is 3.64. The molecule has 21 heavy (non-hydrogen) atoms. The Morgan fingerprint density at radius 2 is 2.33 bits per heavy atom. The number of hydrogen-bond donors (Lipinski definition) is 1. The zero-order chi connectivity index (χ0) is 15.2. The van der Waals surface area contributed by atoms with Gasteiger partial charge in [0, 0.05) is 7.11 Å². The second-order valence-electron chi connectivity index (χ2n) is 6.20. The summed E-state index contributed by atoms with van der Waals surface area (Å²) in [6.45, 7) is 6.98. The summed E-state index contributed by atoms with van der Waals surface area (Å²) in [5, 5.41) is 8.92. The molecule has 3 unspecified atom stereocenters. The van der Waals surface area contributed by atoms with E-state index in [1.165, 1.54) is 19.3 Å². The van der Waals surface area contributed by atoms with Crippen LogP contribution >= 0.6 is 11.6 Å². The largest absolute Gasteiger partial charge is 0.383 e. The number of nitrogens with one attached hydrogen (secondary N) is 1. The van der Waals surface area contributed by atoms with Gasteiger partial charge in [-0.3, -0.25) is 4.68 Å². The Hall–Kier alpha value is -0.580. The Morgan fingerprint density at radius 3 is 2.95 bits per heavy atom. The van der Waals surface area contributed by atoms with Gasteiger partial charge in [0.1, 0.15) is 0 Å². The third-order valence-electron chi connectivity index (χ3n) is 4.46. The Labute approximate surface area is 133 Å². The molecule has 0 radical (unpaired) electrons. The van der Waals surface area contributed by atoms with Crippen LogP contribution in [0.2, 0.25) is 5.02 Å². The zero-order valence-electron chi connectivity index (χ0n) is 13.4. The van der Waals surface area contributed by atoms with E-state index in [1.54, 1.807) is 13.3 Å². The zero-order valence-corrected chi connectivity index (χ0v) is 14.2. The quantitative estimate of drug-likeness (QED) is 0.796. The van der Waals surface area contributed by atoms with Gasteiger partial charge in [-0.25, -0.2) is 0 Å². The minimum absolute atomic E-state index is 0.307. The average molecular weight is 314 g/mol. The second-order valence-corrected chi connectivity index (χ2v) is 6.61. The summed E-state index contributed by atoms with van der Waals surface area (Å²) in [7, 11) is 1.72. The van der Waals surface area contributed by atoms with Gasteiger partial charge in [-0.1, -0.05) is 31.9 Å². The van der Waals surface area contributed by atoms with Crippen LogP contribution in [0, 0.1) is 11.8 Å². The third kappa shape index (κ3) is 4.21. The summed E-state index contributed by atoms with van der Waals surface area (Å²) in [5.41, 5.74) is 1.14. The Bertz CT molecular complexity index is 435. The fraction of sp³-hybridized carbons (Fsp3) is 0.812. The minimum Gasteiger partial charge on any atom is -0.383 e. The lowest BCUT2D eigenvalue weighted by Gasteiger charge is -2.26. The van der Waals surface area contributed by atoms with E-state index in [4.69, 9.17) is 16.3 Å². The number of rotatable bonds is 8. The van der Waals surface area contributed by atoms with Crippen LogP contribution in [0.3, 0.4) is 0 Å². The molecular formula is C16H28ClN3O. The molecule has 0 saturated heterocycles. The van der Waals surface area contributed by atoms with Crippen LogP contribution in [0.15, 0.2) is 6.20 Å². The molecule has 1 aromatic heterocycles. The molecule has 0 aromatic carbocycles. The summed E-state index contributed by atoms with van der Waals surface area (Å²) in [6, 6.07) is 0.307. The summed E-state index contributed by atoms with van der Waals surface area (Å²) in [5.74, 6) is 1.47. The van der Waals surface area contributed by atoms with Crippen LogP contribution in [-0.2, 0) is 11.3 Å². The van der Waals surface area contributed by atoms with E-state index in [9.17, 15) is 0 Å². The molecule has 0 amide bonds. The van der Waals surface area contributed by atoms with Gasteiger partial charge >= 0.3 is 0 Å². The molecule has 1 fully saturated rings. The van der Waals surface area contributed by atoms with Crippen molar-refractivity contribution in [2.45, 2.75) is 52.1 Å². The van der Waals surface area contributed by atoms with Gasteiger partial charge in [-0.15, -0.1) is 0 Å². The smallest absolute Gasteiger partial charge is 0.0834 e. The molecule has 0 spiro atoms. The lowest BCUT2D eigenvalue weighted by atomic mass is 9.94. The van der Waals surface area contributed by atoms with Gasteiger partial charge in [0.15, 0.2) is 0 Å². The van der Waals surface area contributed by atoms with Gasteiger partial charge in [0.2, 0.25) is 0 Å². The van der Waals surface area contributed by atoms with Gasteiger partial charge in [0.25, 0.3) is 0 Å². The van der Waals surface area contributed by atoms with E-state index in [0.29, 0.717) is 18.6 Å². The predicted molar refractivity (Wildman–Crippen MR) is 86.7 cm³/mol. The summed E-state index contributed by atoms with van der Waals surface area (Å²) in [6.07, 6.45) is 6.76. The molecule has 5 heteroatoms. The summed E-state index contributed by atoms with van der Waals surface area (Å²) in [4.78, 5) is 0. The molecule has 1 N–H and O–H groups in total. The molecule has 3 atom stereocenters. The molecule has 120 valence electrons. The van der Waals surface area contributed by atoms with Crippen molar-refractivity contribution in [2.24, 2.45) is 11.8 Å². The molecule has 1 aliphatic rings. The van der Waals surface area contributed by atoms with Crippen LogP contribution in [0.5, 0.6) is 0 Å². The van der Waals surface area contributed by atoms with E-state index >= 15 is 0 Å². The standard InChI is InChI=1S/C16H28ClN3O/c1-4-7-18-15(13-6-5-12(2)10-13)16-14(17)11-19-20(16)8-9-21-3/h11-13,15,18H,4-10H2,1-3H3. The normalized spacial score (nSPS) is 23.6. The first-order chi connectivity index (χ1) is 10.2. The maximum absolute atomic E-state index is 6.45. The predicted octanol–water partition coefficient (Wildman–Crippen LogP) is 3.66. The molecule has 0 bridgehead atoms. The van der Waals surface area contributed by atoms with E-state index in [0.717, 1.165) is 36.1 Å². The molecule has 2 rings (SSSR count). The van der Waals surface area contributed by atoms with E-state index in [2.05, 4.69) is 24.3 Å². The molecule has 1 saturated carbocycles. The first-order valence-electron chi connectivity index (χ1n) is 8.10. The van der Waals surface area contributed by atoms with Crippen LogP contribution in [0.1, 0.15) is 51.3 Å². The van der Waals surface area contributed by atoms with Gasteiger partial charge in [-0.2, -0.15) is 5.10 Å². The highest BCUT2D eigenvalue weighted by atomic mass is 35.5. The number of aromatic nitrogens is 2. The summed E-state index contributed by atoms with van der Waals surface area (Å²) >= 11 is 6.45. The van der Waals surface area contributed by atoms with Crippen molar-refractivity contribution < 1.29 is 4.74 Å². The van der Waals surface area contributed by atoms with Gasteiger partial charge in [-0.05, 0) is 37.6 Å². The molecular weight excluding hydrogens is 286 g/mol. The van der Waals surface area contributed by atoms with E-state index in [-0.39, 0.29) is 0 Å². The van der Waals surface area contributed by atoms with Crippen molar-refractivity contribution >= 4 is 11.6 Å². The number of methoxy groups -OCH3 is 1. The van der Waals surface area contributed by atoms with Crippen molar-refractivity contribution in [3.8, 4) is 0 Å². The average Bonchev–Trinajstić information content (AvgIpc) is 3.05. The Morgan fingerprint density at radius 1 is 1.52 bits per heavy atom. The number of ether oxygens (including phenoxy) is 1. The maximum Gasteiger partial charge on any atom is 0.0834 e. The van der Waals surface area contributed by atoms with E-state index < -0.39 is 0 Å². The topological polar surface area (TPSA) is 39.1 Å². The number of nitrogens with zero attached hydrogens (tertiary/aromatic N) is 2. The third-order valence-corrected chi connectivity index (χ3v) is 4.75. The highest BCUT2D eigenvalue weighted by Gasteiger charge is 2.32.